The van der Waals surface area contributed by atoms with Crippen LogP contribution in [0.15, 0.2) is 46.2 Å². The van der Waals surface area contributed by atoms with E-state index in [4.69, 9.17) is 4.42 Å². The topological polar surface area (TPSA) is 66.2 Å². The van der Waals surface area contributed by atoms with Gasteiger partial charge in [-0.15, -0.1) is 11.3 Å². The Morgan fingerprint density at radius 3 is 2.59 bits per heavy atom. The van der Waals surface area contributed by atoms with Crippen molar-refractivity contribution in [1.29, 1.82) is 0 Å². The van der Waals surface area contributed by atoms with Crippen molar-refractivity contribution in [3.05, 3.63) is 53.4 Å². The minimum atomic E-state index is -1.24. The average Bonchev–Trinajstić information content (AvgIpc) is 3.08. The van der Waals surface area contributed by atoms with Gasteiger partial charge in [-0.2, -0.15) is 0 Å². The summed E-state index contributed by atoms with van der Waals surface area (Å²) in [5, 5.41) is 12.7. The van der Waals surface area contributed by atoms with Gasteiger partial charge in [0.05, 0.1) is 4.88 Å². The Labute approximate surface area is 151 Å². The molecule has 3 aromatic rings. The van der Waals surface area contributed by atoms with Gasteiger partial charge in [-0.05, 0) is 35.7 Å². The SMILES string of the molecule is O=C([O-])Cc1oc(-c2ccc(F)cc2)nc1-c1cccs1.[Na+]. The van der Waals surface area contributed by atoms with Crippen LogP contribution < -0.4 is 34.7 Å². The summed E-state index contributed by atoms with van der Waals surface area (Å²) in [4.78, 5) is 16.0. The summed E-state index contributed by atoms with van der Waals surface area (Å²) < 4.78 is 18.5. The molecule has 0 amide bonds. The van der Waals surface area contributed by atoms with E-state index in [-0.39, 0.29) is 53.4 Å². The van der Waals surface area contributed by atoms with Crippen LogP contribution in [-0.2, 0) is 11.2 Å². The predicted octanol–water partition coefficient (Wildman–Crippen LogP) is -0.494. The van der Waals surface area contributed by atoms with Crippen LogP contribution in [-0.4, -0.2) is 11.0 Å². The molecule has 3 rings (SSSR count). The van der Waals surface area contributed by atoms with E-state index >= 15 is 0 Å². The number of oxazole rings is 1. The summed E-state index contributed by atoms with van der Waals surface area (Å²) >= 11 is 1.43. The zero-order valence-corrected chi connectivity index (χ0v) is 14.5. The van der Waals surface area contributed by atoms with Gasteiger partial charge in [-0.3, -0.25) is 0 Å². The van der Waals surface area contributed by atoms with Crippen LogP contribution in [0.2, 0.25) is 0 Å². The Morgan fingerprint density at radius 1 is 1.27 bits per heavy atom. The summed E-state index contributed by atoms with van der Waals surface area (Å²) in [7, 11) is 0. The molecule has 0 radical (unpaired) electrons. The molecule has 0 aliphatic carbocycles. The van der Waals surface area contributed by atoms with Crippen molar-refractivity contribution in [3.8, 4) is 22.0 Å². The number of hydrogen-bond acceptors (Lipinski definition) is 5. The second-order valence-electron chi connectivity index (χ2n) is 4.32. The molecule has 0 N–H and O–H groups in total. The molecule has 1 aromatic carbocycles. The molecule has 2 heterocycles. The fourth-order valence-corrected chi connectivity index (χ4v) is 2.66. The summed E-state index contributed by atoms with van der Waals surface area (Å²) in [6.07, 6.45) is -0.360. The molecule has 22 heavy (non-hydrogen) atoms. The predicted molar refractivity (Wildman–Crippen MR) is 73.9 cm³/mol. The summed E-state index contributed by atoms with van der Waals surface area (Å²) in [5.74, 6) is -1.11. The molecule has 106 valence electrons. The number of carboxylic acid groups (broad SMARTS) is 1. The molecule has 0 atom stereocenters. The number of nitrogens with zero attached hydrogens (tertiary/aromatic N) is 1. The monoisotopic (exact) mass is 325 g/mol. The molecule has 0 bridgehead atoms. The number of halogens is 1. The number of carbonyl (C=O) groups is 1. The molecule has 2 aromatic heterocycles. The smallest absolute Gasteiger partial charge is 0.550 e. The van der Waals surface area contributed by atoms with Gasteiger partial charge in [-0.25, -0.2) is 9.37 Å². The van der Waals surface area contributed by atoms with Crippen LogP contribution in [0.4, 0.5) is 4.39 Å². The molecule has 0 fully saturated rings. The standard InChI is InChI=1S/C15H10FNO3S.Na/c16-10-5-3-9(4-6-10)15-17-14(12-2-1-7-21-12)11(20-15)8-13(18)19;/h1-7H,8H2,(H,18,19);/q;+1/p-1. The second-order valence-corrected chi connectivity index (χ2v) is 5.27. The Morgan fingerprint density at radius 2 is 2.00 bits per heavy atom. The first-order valence-corrected chi connectivity index (χ1v) is 7.01. The van der Waals surface area contributed by atoms with Gasteiger partial charge in [0.25, 0.3) is 0 Å². The number of benzene rings is 1. The average molecular weight is 325 g/mol. The molecular weight excluding hydrogens is 316 g/mol. The molecule has 0 aliphatic rings. The van der Waals surface area contributed by atoms with Gasteiger partial charge in [-0.1, -0.05) is 6.07 Å². The third-order valence-electron chi connectivity index (χ3n) is 2.85. The van der Waals surface area contributed by atoms with Gasteiger partial charge in [0.15, 0.2) is 0 Å². The van der Waals surface area contributed by atoms with Crippen molar-refractivity contribution in [2.75, 3.05) is 0 Å². The number of aliphatic carboxylic acids is 1. The first-order chi connectivity index (χ1) is 10.1. The van der Waals surface area contributed by atoms with Crippen LogP contribution in [0.5, 0.6) is 0 Å². The zero-order chi connectivity index (χ0) is 14.8. The Kier molecular flexibility index (Phi) is 5.52. The van der Waals surface area contributed by atoms with Crippen LogP contribution in [0, 0.1) is 5.82 Å². The van der Waals surface area contributed by atoms with E-state index in [0.29, 0.717) is 11.3 Å². The molecule has 4 nitrogen and oxygen atoms in total. The molecule has 0 saturated carbocycles. The number of thiophene rings is 1. The molecule has 0 spiro atoms. The van der Waals surface area contributed by atoms with E-state index in [0.717, 1.165) is 4.88 Å². The van der Waals surface area contributed by atoms with Crippen molar-refractivity contribution in [2.24, 2.45) is 0 Å². The van der Waals surface area contributed by atoms with Gasteiger partial charge >= 0.3 is 29.6 Å². The Balaban J connectivity index is 0.00000176. The molecule has 7 heteroatoms. The molecule has 0 aliphatic heterocycles. The van der Waals surface area contributed by atoms with E-state index in [2.05, 4.69) is 4.98 Å². The maximum atomic E-state index is 12.9. The number of carboxylic acids is 1. The van der Waals surface area contributed by atoms with Gasteiger partial charge in [0.2, 0.25) is 5.89 Å². The van der Waals surface area contributed by atoms with Crippen LogP contribution >= 0.6 is 11.3 Å². The number of hydrogen-bond donors (Lipinski definition) is 0. The van der Waals surface area contributed by atoms with Crippen molar-refractivity contribution in [2.45, 2.75) is 6.42 Å². The van der Waals surface area contributed by atoms with Crippen LogP contribution in [0.3, 0.4) is 0 Å². The normalized spacial score (nSPS) is 10.2. The van der Waals surface area contributed by atoms with Crippen molar-refractivity contribution in [1.82, 2.24) is 4.98 Å². The first kappa shape index (κ1) is 16.9. The summed E-state index contributed by atoms with van der Waals surface area (Å²) in [6.45, 7) is 0. The minimum absolute atomic E-state index is 0. The quantitative estimate of drug-likeness (QED) is 0.607. The van der Waals surface area contributed by atoms with Crippen molar-refractivity contribution in [3.63, 3.8) is 0 Å². The van der Waals surface area contributed by atoms with Gasteiger partial charge in [0, 0.05) is 18.0 Å². The second kappa shape index (κ2) is 7.19. The third kappa shape index (κ3) is 3.64. The fraction of sp³-hybridized carbons (Fsp3) is 0.0667. The van der Waals surface area contributed by atoms with E-state index in [1.54, 1.807) is 0 Å². The Bertz CT molecular complexity index is 769. The number of aromatic nitrogens is 1. The van der Waals surface area contributed by atoms with Gasteiger partial charge in [0.1, 0.15) is 17.3 Å². The van der Waals surface area contributed by atoms with E-state index in [1.807, 2.05) is 17.5 Å². The fourth-order valence-electron chi connectivity index (χ4n) is 1.92. The minimum Gasteiger partial charge on any atom is -0.550 e. The molecule has 0 saturated heterocycles. The molecule has 0 unspecified atom stereocenters. The van der Waals surface area contributed by atoms with Crippen molar-refractivity contribution >= 4 is 17.3 Å². The molecular formula is C15H9FNNaO3S. The van der Waals surface area contributed by atoms with Crippen molar-refractivity contribution < 1.29 is 48.3 Å². The first-order valence-electron chi connectivity index (χ1n) is 6.13. The summed E-state index contributed by atoms with van der Waals surface area (Å²) in [5.41, 5.74) is 1.06. The largest absolute Gasteiger partial charge is 1.00 e. The van der Waals surface area contributed by atoms with Gasteiger partial charge < -0.3 is 14.3 Å². The van der Waals surface area contributed by atoms with E-state index < -0.39 is 5.97 Å². The maximum Gasteiger partial charge on any atom is 1.00 e. The number of carbonyl (C=O) groups excluding carboxylic acids is 1. The number of rotatable bonds is 4. The van der Waals surface area contributed by atoms with E-state index in [9.17, 15) is 14.3 Å². The zero-order valence-electron chi connectivity index (χ0n) is 11.7. The Hall–Kier alpha value is -1.47. The van der Waals surface area contributed by atoms with Crippen LogP contribution in [0.25, 0.3) is 22.0 Å². The third-order valence-corrected chi connectivity index (χ3v) is 3.72. The van der Waals surface area contributed by atoms with Crippen LogP contribution in [0.1, 0.15) is 5.76 Å². The summed E-state index contributed by atoms with van der Waals surface area (Å²) in [6, 6.07) is 9.32. The van der Waals surface area contributed by atoms with E-state index in [1.165, 1.54) is 35.6 Å². The maximum absolute atomic E-state index is 12.9.